The largest absolute Gasteiger partial charge is 0.461 e. The molecule has 2 aromatic heterocycles. The van der Waals surface area contributed by atoms with Gasteiger partial charge in [0.1, 0.15) is 5.69 Å². The lowest BCUT2D eigenvalue weighted by Crippen LogP contribution is -2.38. The van der Waals surface area contributed by atoms with Gasteiger partial charge in [-0.3, -0.25) is 14.6 Å². The van der Waals surface area contributed by atoms with E-state index in [1.165, 1.54) is 4.90 Å². The second-order valence-electron chi connectivity index (χ2n) is 6.98. The van der Waals surface area contributed by atoms with Crippen molar-refractivity contribution in [3.63, 3.8) is 0 Å². The molecule has 0 aromatic carbocycles. The number of H-pyrrole nitrogens is 1. The van der Waals surface area contributed by atoms with Crippen molar-refractivity contribution in [1.82, 2.24) is 14.9 Å². The van der Waals surface area contributed by atoms with E-state index in [4.69, 9.17) is 4.74 Å². The number of nitrogens with zero attached hydrogens (tertiary/aromatic N) is 2. The highest BCUT2D eigenvalue weighted by atomic mass is 16.5. The molecular weight excluding hydrogens is 358 g/mol. The Morgan fingerprint density at radius 3 is 2.54 bits per heavy atom. The average molecular weight is 385 g/mol. The van der Waals surface area contributed by atoms with Crippen molar-refractivity contribution in [2.45, 2.75) is 41.2 Å². The van der Waals surface area contributed by atoms with E-state index in [9.17, 15) is 14.4 Å². The fourth-order valence-corrected chi connectivity index (χ4v) is 3.12. The summed E-state index contributed by atoms with van der Waals surface area (Å²) in [6.07, 6.45) is 3.34. The Morgan fingerprint density at radius 2 is 1.96 bits per heavy atom. The summed E-state index contributed by atoms with van der Waals surface area (Å²) in [4.78, 5) is 46.3. The molecule has 2 heterocycles. The SMILES string of the molecule is CCOC(=O)c1[nH]c(C)c(C(=O)CN(Cc2cccnc2)C(=O)C(C)C)c1C. The van der Waals surface area contributed by atoms with Gasteiger partial charge >= 0.3 is 5.97 Å². The molecule has 0 bridgehead atoms. The summed E-state index contributed by atoms with van der Waals surface area (Å²) >= 11 is 0. The number of aryl methyl sites for hydroxylation is 1. The van der Waals surface area contributed by atoms with Crippen molar-refractivity contribution in [1.29, 1.82) is 0 Å². The molecule has 0 radical (unpaired) electrons. The van der Waals surface area contributed by atoms with Gasteiger partial charge in [0.15, 0.2) is 5.78 Å². The minimum Gasteiger partial charge on any atom is -0.461 e. The summed E-state index contributed by atoms with van der Waals surface area (Å²) in [5.74, 6) is -1.08. The van der Waals surface area contributed by atoms with Crippen LogP contribution in [0.25, 0.3) is 0 Å². The third-order valence-electron chi connectivity index (χ3n) is 4.43. The van der Waals surface area contributed by atoms with Crippen LogP contribution in [0.1, 0.15) is 58.4 Å². The predicted molar refractivity (Wildman–Crippen MR) is 105 cm³/mol. The molecule has 1 amide bonds. The number of amides is 1. The van der Waals surface area contributed by atoms with Crippen LogP contribution < -0.4 is 0 Å². The van der Waals surface area contributed by atoms with Gasteiger partial charge in [-0.05, 0) is 38.0 Å². The molecule has 7 heteroatoms. The molecule has 150 valence electrons. The van der Waals surface area contributed by atoms with Gasteiger partial charge < -0.3 is 14.6 Å². The molecule has 0 atom stereocenters. The maximum absolute atomic E-state index is 13.0. The van der Waals surface area contributed by atoms with Gasteiger partial charge in [-0.1, -0.05) is 19.9 Å². The number of aromatic amines is 1. The van der Waals surface area contributed by atoms with Gasteiger partial charge in [-0.2, -0.15) is 0 Å². The van der Waals surface area contributed by atoms with Crippen LogP contribution in [0.2, 0.25) is 0 Å². The van der Waals surface area contributed by atoms with E-state index in [2.05, 4.69) is 9.97 Å². The van der Waals surface area contributed by atoms with Gasteiger partial charge in [0, 0.05) is 36.1 Å². The van der Waals surface area contributed by atoms with Gasteiger partial charge in [0.2, 0.25) is 5.91 Å². The Kier molecular flexibility index (Phi) is 7.09. The lowest BCUT2D eigenvalue weighted by molar-refractivity contribution is -0.134. The van der Waals surface area contributed by atoms with E-state index < -0.39 is 5.97 Å². The molecule has 1 N–H and O–H groups in total. The monoisotopic (exact) mass is 385 g/mol. The summed E-state index contributed by atoms with van der Waals surface area (Å²) in [6, 6.07) is 3.66. The van der Waals surface area contributed by atoms with Gasteiger partial charge in [0.05, 0.1) is 13.2 Å². The number of carbonyl (C=O) groups excluding carboxylic acids is 3. The maximum atomic E-state index is 13.0. The van der Waals surface area contributed by atoms with Crippen LogP contribution in [-0.2, 0) is 16.1 Å². The molecule has 0 spiro atoms. The smallest absolute Gasteiger partial charge is 0.355 e. The van der Waals surface area contributed by atoms with Crippen molar-refractivity contribution in [3.8, 4) is 0 Å². The van der Waals surface area contributed by atoms with Gasteiger partial charge in [0.25, 0.3) is 0 Å². The highest BCUT2D eigenvalue weighted by molar-refractivity contribution is 6.04. The lowest BCUT2D eigenvalue weighted by atomic mass is 10.0. The second kappa shape index (κ2) is 9.30. The number of hydrogen-bond donors (Lipinski definition) is 1. The first kappa shape index (κ1) is 21.3. The van der Waals surface area contributed by atoms with Gasteiger partial charge in [-0.25, -0.2) is 4.79 Å². The summed E-state index contributed by atoms with van der Waals surface area (Å²) in [7, 11) is 0. The Morgan fingerprint density at radius 1 is 1.25 bits per heavy atom. The van der Waals surface area contributed by atoms with Crippen molar-refractivity contribution in [3.05, 3.63) is 52.6 Å². The number of aromatic nitrogens is 2. The molecule has 7 nitrogen and oxygen atoms in total. The van der Waals surface area contributed by atoms with Crippen LogP contribution in [0.15, 0.2) is 24.5 Å². The minimum absolute atomic E-state index is 0.0757. The van der Waals surface area contributed by atoms with Crippen LogP contribution >= 0.6 is 0 Å². The molecule has 0 fully saturated rings. The van der Waals surface area contributed by atoms with Crippen molar-refractivity contribution in [2.24, 2.45) is 5.92 Å². The third-order valence-corrected chi connectivity index (χ3v) is 4.43. The number of carbonyl (C=O) groups is 3. The Bertz CT molecular complexity index is 856. The standard InChI is InChI=1S/C21H27N3O4/c1-6-28-21(27)19-14(4)18(15(5)23-19)17(25)12-24(20(26)13(2)3)11-16-8-7-9-22-10-16/h7-10,13,23H,6,11-12H2,1-5H3. The zero-order valence-corrected chi connectivity index (χ0v) is 17.0. The molecule has 28 heavy (non-hydrogen) atoms. The summed E-state index contributed by atoms with van der Waals surface area (Å²) in [6.45, 7) is 9.24. The van der Waals surface area contributed by atoms with Gasteiger partial charge in [-0.15, -0.1) is 0 Å². The molecule has 2 rings (SSSR count). The van der Waals surface area contributed by atoms with Crippen LogP contribution in [-0.4, -0.2) is 45.7 Å². The molecule has 0 aliphatic heterocycles. The van der Waals surface area contributed by atoms with E-state index in [0.29, 0.717) is 23.4 Å². The van der Waals surface area contributed by atoms with E-state index in [-0.39, 0.29) is 36.5 Å². The first-order valence-electron chi connectivity index (χ1n) is 9.33. The van der Waals surface area contributed by atoms with Crippen LogP contribution in [0.5, 0.6) is 0 Å². The topological polar surface area (TPSA) is 92.4 Å². The number of nitrogens with one attached hydrogen (secondary N) is 1. The van der Waals surface area contributed by atoms with E-state index in [0.717, 1.165) is 5.56 Å². The summed E-state index contributed by atoms with van der Waals surface area (Å²) in [5, 5.41) is 0. The van der Waals surface area contributed by atoms with Crippen molar-refractivity contribution >= 4 is 17.7 Å². The zero-order chi connectivity index (χ0) is 20.8. The van der Waals surface area contributed by atoms with Crippen molar-refractivity contribution < 1.29 is 19.1 Å². The van der Waals surface area contributed by atoms with Crippen LogP contribution in [0.3, 0.4) is 0 Å². The number of Topliss-reactive ketones (excluding diaryl/α,β-unsaturated/α-hetero) is 1. The highest BCUT2D eigenvalue weighted by Crippen LogP contribution is 2.20. The molecule has 0 aliphatic carbocycles. The first-order chi connectivity index (χ1) is 13.3. The third kappa shape index (κ3) is 4.85. The Hall–Kier alpha value is -2.96. The molecular formula is C21H27N3O4. The van der Waals surface area contributed by atoms with E-state index >= 15 is 0 Å². The van der Waals surface area contributed by atoms with E-state index in [1.54, 1.807) is 53.1 Å². The Labute approximate surface area is 165 Å². The Balaban J connectivity index is 2.28. The molecule has 0 saturated heterocycles. The molecule has 0 aliphatic rings. The molecule has 2 aromatic rings. The molecule has 0 unspecified atom stereocenters. The first-order valence-corrected chi connectivity index (χ1v) is 9.33. The van der Waals surface area contributed by atoms with Crippen LogP contribution in [0, 0.1) is 19.8 Å². The fourth-order valence-electron chi connectivity index (χ4n) is 3.12. The zero-order valence-electron chi connectivity index (χ0n) is 17.0. The highest BCUT2D eigenvalue weighted by Gasteiger charge is 2.26. The number of esters is 1. The number of rotatable bonds is 8. The van der Waals surface area contributed by atoms with Crippen molar-refractivity contribution in [2.75, 3.05) is 13.2 Å². The normalized spacial score (nSPS) is 10.8. The number of ketones is 1. The number of hydrogen-bond acceptors (Lipinski definition) is 5. The summed E-state index contributed by atoms with van der Waals surface area (Å²) < 4.78 is 5.03. The second-order valence-corrected chi connectivity index (χ2v) is 6.98. The average Bonchev–Trinajstić information content (AvgIpc) is 2.96. The quantitative estimate of drug-likeness (QED) is 0.557. The minimum atomic E-state index is -0.493. The number of pyridine rings is 1. The van der Waals surface area contributed by atoms with Crippen LogP contribution in [0.4, 0.5) is 0 Å². The molecule has 0 saturated carbocycles. The predicted octanol–water partition coefficient (Wildman–Crippen LogP) is 3.07. The van der Waals surface area contributed by atoms with E-state index in [1.807, 2.05) is 6.07 Å². The lowest BCUT2D eigenvalue weighted by Gasteiger charge is -2.24. The number of ether oxygens (including phenoxy) is 1. The summed E-state index contributed by atoms with van der Waals surface area (Å²) in [5.41, 5.74) is 2.68. The maximum Gasteiger partial charge on any atom is 0.355 e. The fraction of sp³-hybridized carbons (Fsp3) is 0.429.